The summed E-state index contributed by atoms with van der Waals surface area (Å²) in [6.07, 6.45) is 3.50. The van der Waals surface area contributed by atoms with Crippen molar-refractivity contribution < 1.29 is 38.4 Å². The highest BCUT2D eigenvalue weighted by Gasteiger charge is 2.47. The molecule has 378 valence electrons. The van der Waals surface area contributed by atoms with Crippen molar-refractivity contribution in [2.45, 2.75) is 126 Å². The van der Waals surface area contributed by atoms with Crippen LogP contribution < -0.4 is 54.4 Å². The van der Waals surface area contributed by atoms with Gasteiger partial charge in [-0.05, 0) is 66.8 Å². The van der Waals surface area contributed by atoms with Crippen molar-refractivity contribution in [3.05, 3.63) is 107 Å². The second-order valence-corrected chi connectivity index (χ2v) is 18.3. The van der Waals surface area contributed by atoms with Crippen LogP contribution in [-0.4, -0.2) is 107 Å². The van der Waals surface area contributed by atoms with Gasteiger partial charge in [-0.15, -0.1) is 0 Å². The van der Waals surface area contributed by atoms with E-state index in [2.05, 4.69) is 47.2 Å². The lowest BCUT2D eigenvalue weighted by atomic mass is 9.92. The van der Waals surface area contributed by atoms with Crippen molar-refractivity contribution in [1.29, 1.82) is 0 Å². The largest absolute Gasteiger partial charge is 0.370 e. The molecule has 20 heteroatoms. The number of primary amides is 1. The first-order valence-electron chi connectivity index (χ1n) is 24.2. The number of nitrogens with one attached hydrogen (secondary N) is 8. The number of hydrogen-bond donors (Lipinski definition) is 11. The summed E-state index contributed by atoms with van der Waals surface area (Å²) >= 11 is 0. The first-order valence-corrected chi connectivity index (χ1v) is 24.2. The van der Waals surface area contributed by atoms with Gasteiger partial charge in [-0.25, -0.2) is 0 Å². The summed E-state index contributed by atoms with van der Waals surface area (Å²) in [4.78, 5) is 120. The molecule has 2 heterocycles. The number of guanidine groups is 1. The summed E-state index contributed by atoms with van der Waals surface area (Å²) < 4.78 is 0. The average molecular weight is 975 g/mol. The second kappa shape index (κ2) is 25.2. The number of para-hydroxylation sites is 1. The van der Waals surface area contributed by atoms with Gasteiger partial charge < -0.3 is 59.4 Å². The van der Waals surface area contributed by atoms with E-state index in [9.17, 15) is 33.6 Å². The van der Waals surface area contributed by atoms with Crippen LogP contribution in [0.5, 0.6) is 0 Å². The first-order chi connectivity index (χ1) is 34.1. The predicted octanol–water partition coefficient (Wildman–Crippen LogP) is 0.450. The van der Waals surface area contributed by atoms with E-state index in [1.807, 2.05) is 55.5 Å². The maximum absolute atomic E-state index is 15.1. The Kier molecular flexibility index (Phi) is 18.7. The Labute approximate surface area is 412 Å². The molecule has 6 rings (SSSR count). The third-order valence-corrected chi connectivity index (χ3v) is 12.8. The summed E-state index contributed by atoms with van der Waals surface area (Å²) in [7, 11) is 0. The highest BCUT2D eigenvalue weighted by atomic mass is 16.2. The van der Waals surface area contributed by atoms with E-state index >= 15 is 4.79 Å². The van der Waals surface area contributed by atoms with Crippen LogP contribution >= 0.6 is 0 Å². The lowest BCUT2D eigenvalue weighted by Gasteiger charge is -2.33. The van der Waals surface area contributed by atoms with E-state index < -0.39 is 89.4 Å². The van der Waals surface area contributed by atoms with Gasteiger partial charge in [-0.1, -0.05) is 86.1 Å². The molecule has 1 spiro atoms. The van der Waals surface area contributed by atoms with Crippen LogP contribution in [0.2, 0.25) is 0 Å². The number of carbonyl (C=O) groups is 8. The molecule has 2 aliphatic rings. The monoisotopic (exact) mass is 975 g/mol. The normalized spacial score (nSPS) is 21.6. The van der Waals surface area contributed by atoms with Crippen molar-refractivity contribution in [3.8, 4) is 0 Å². The van der Waals surface area contributed by atoms with Crippen molar-refractivity contribution in [2.24, 2.45) is 22.2 Å². The average Bonchev–Trinajstić information content (AvgIpc) is 3.94. The molecular formula is C51H66N12O8. The van der Waals surface area contributed by atoms with Crippen LogP contribution in [0.4, 0.5) is 0 Å². The number of aromatic amines is 1. The predicted molar refractivity (Wildman–Crippen MR) is 267 cm³/mol. The van der Waals surface area contributed by atoms with Crippen molar-refractivity contribution in [3.63, 3.8) is 0 Å². The van der Waals surface area contributed by atoms with Crippen molar-refractivity contribution in [1.82, 2.24) is 42.2 Å². The first kappa shape index (κ1) is 52.6. The molecule has 20 nitrogen and oxygen atoms in total. The number of rotatable bonds is 13. The van der Waals surface area contributed by atoms with Gasteiger partial charge in [0.25, 0.3) is 0 Å². The number of hydrogen-bond acceptors (Lipinski definition) is 9. The number of benzene rings is 3. The Hall–Kier alpha value is -7.77. The van der Waals surface area contributed by atoms with Crippen LogP contribution in [0.1, 0.15) is 87.0 Å². The molecule has 4 aromatic rings. The standard InChI is InChI=1S/C51H66N12O8/c1-2-3-22-42(64)58-41-27-43(65)55-23-12-11-20-37(44(52)66)59-47(69)40(26-34-30-57-36-19-10-9-18-35(34)36)61-45(67)38(21-13-24-56-50(53)54)60-46(68)39(25-31-14-5-4-6-15-31)62-49(71)51(63-48(41)70)28-32-16-7-8-17-33(32)29-51/h4-10,14-19,30,37-41,57H,2-3,11-13,20-29H2,1H3,(H2,52,66)(H,55,65)(H,58,64)(H,59,69)(H,60,68)(H,61,67)(H,62,71)(H,63,70)(H4,53,54,56)/t37-,38+,39-,40-,41+/m0/s1. The molecule has 0 radical (unpaired) electrons. The molecule has 1 fully saturated rings. The maximum atomic E-state index is 15.1. The van der Waals surface area contributed by atoms with Crippen LogP contribution in [-0.2, 0) is 64.0 Å². The Morgan fingerprint density at radius 2 is 1.38 bits per heavy atom. The number of unbranched alkanes of at least 4 members (excludes halogenated alkanes) is 1. The van der Waals surface area contributed by atoms with Gasteiger partial charge in [0.2, 0.25) is 47.3 Å². The number of nitrogens with zero attached hydrogens (tertiary/aromatic N) is 1. The van der Waals surface area contributed by atoms with Crippen LogP contribution in [0.25, 0.3) is 10.9 Å². The summed E-state index contributed by atoms with van der Waals surface area (Å²) in [5.74, 6) is -5.74. The smallest absolute Gasteiger partial charge is 0.247 e. The maximum Gasteiger partial charge on any atom is 0.247 e. The van der Waals surface area contributed by atoms with Gasteiger partial charge in [0.05, 0.1) is 6.42 Å². The lowest BCUT2D eigenvalue weighted by Crippen LogP contribution is -2.66. The van der Waals surface area contributed by atoms with Gasteiger partial charge in [-0.3, -0.25) is 43.3 Å². The minimum atomic E-state index is -1.69. The second-order valence-electron chi connectivity index (χ2n) is 18.3. The molecule has 3 aromatic carbocycles. The quantitative estimate of drug-likeness (QED) is 0.0499. The third kappa shape index (κ3) is 14.9. The van der Waals surface area contributed by atoms with Gasteiger partial charge in [-0.2, -0.15) is 0 Å². The summed E-state index contributed by atoms with van der Waals surface area (Å²) in [6, 6.07) is 17.1. The highest BCUT2D eigenvalue weighted by Crippen LogP contribution is 2.31. The molecule has 8 amide bonds. The molecule has 1 aromatic heterocycles. The Balaban J connectivity index is 1.39. The topological polar surface area (TPSA) is 327 Å². The molecule has 5 atom stereocenters. The Bertz CT molecular complexity index is 2550. The van der Waals surface area contributed by atoms with Crippen molar-refractivity contribution >= 4 is 64.1 Å². The number of carbonyl (C=O) groups excluding carboxylic acids is 8. The van der Waals surface area contributed by atoms with Crippen LogP contribution in [0, 0.1) is 0 Å². The summed E-state index contributed by atoms with van der Waals surface area (Å²) in [6.45, 7) is 2.12. The minimum Gasteiger partial charge on any atom is -0.370 e. The van der Waals surface area contributed by atoms with Gasteiger partial charge in [0.15, 0.2) is 5.96 Å². The number of H-pyrrole nitrogens is 1. The van der Waals surface area contributed by atoms with E-state index in [1.54, 1.807) is 36.5 Å². The minimum absolute atomic E-state index is 0.0148. The molecule has 1 aliphatic carbocycles. The number of nitrogens with two attached hydrogens (primary N) is 3. The number of aliphatic imine (C=N–C) groups is 1. The molecule has 1 saturated heterocycles. The fourth-order valence-corrected chi connectivity index (χ4v) is 8.98. The summed E-state index contributed by atoms with van der Waals surface area (Å²) in [5, 5.41) is 20.5. The molecule has 0 unspecified atom stereocenters. The van der Waals surface area contributed by atoms with Gasteiger partial charge in [0, 0.05) is 62.3 Å². The molecule has 71 heavy (non-hydrogen) atoms. The summed E-state index contributed by atoms with van der Waals surface area (Å²) in [5.41, 5.74) is 19.0. The lowest BCUT2D eigenvalue weighted by molar-refractivity contribution is -0.138. The van der Waals surface area contributed by atoms with Gasteiger partial charge in [0.1, 0.15) is 35.7 Å². The van der Waals surface area contributed by atoms with E-state index in [-0.39, 0.29) is 70.4 Å². The molecular weight excluding hydrogens is 909 g/mol. The Morgan fingerprint density at radius 3 is 2.08 bits per heavy atom. The van der Waals surface area contributed by atoms with Crippen LogP contribution in [0.15, 0.2) is 90.1 Å². The zero-order chi connectivity index (χ0) is 50.9. The zero-order valence-electron chi connectivity index (χ0n) is 40.0. The molecule has 0 bridgehead atoms. The number of aromatic nitrogens is 1. The number of amides is 8. The number of fused-ring (bicyclic) bond motifs is 2. The fourth-order valence-electron chi connectivity index (χ4n) is 8.98. The SMILES string of the molecule is CCCCC(=O)N[C@@H]1CC(=O)NCCCC[C@@H](C(N)=O)NC(=O)[C@H](Cc2c[nH]c3ccccc23)NC(=O)[C@@H](CCCN=C(N)N)NC(=O)[C@H](Cc2ccccc2)NC(=O)C2(Cc3ccccc3C2)NC1=O. The zero-order valence-corrected chi connectivity index (χ0v) is 40.0. The van der Waals surface area contributed by atoms with E-state index in [1.165, 1.54) is 0 Å². The fraction of sp³-hybridized carbons (Fsp3) is 0.431. The van der Waals surface area contributed by atoms with Gasteiger partial charge >= 0.3 is 0 Å². The molecule has 0 saturated carbocycles. The highest BCUT2D eigenvalue weighted by molar-refractivity contribution is 6.00. The Morgan fingerprint density at radius 1 is 0.732 bits per heavy atom. The molecule has 1 aliphatic heterocycles. The van der Waals surface area contributed by atoms with Crippen LogP contribution in [0.3, 0.4) is 0 Å². The van der Waals surface area contributed by atoms with E-state index in [0.717, 1.165) is 22.0 Å². The van der Waals surface area contributed by atoms with Crippen molar-refractivity contribution in [2.75, 3.05) is 13.1 Å². The van der Waals surface area contributed by atoms with E-state index in [0.29, 0.717) is 36.8 Å². The molecule has 14 N–H and O–H groups in total. The third-order valence-electron chi connectivity index (χ3n) is 12.8. The van der Waals surface area contributed by atoms with E-state index in [4.69, 9.17) is 17.2 Å².